The summed E-state index contributed by atoms with van der Waals surface area (Å²) >= 11 is 0. The summed E-state index contributed by atoms with van der Waals surface area (Å²) in [5, 5.41) is 3.07. The highest BCUT2D eigenvalue weighted by Crippen LogP contribution is 2.34. The van der Waals surface area contributed by atoms with E-state index in [4.69, 9.17) is 9.47 Å². The molecule has 0 saturated heterocycles. The van der Waals surface area contributed by atoms with E-state index in [1.165, 1.54) is 19.3 Å². The molecule has 5 heteroatoms. The first-order valence-corrected chi connectivity index (χ1v) is 12.3. The Morgan fingerprint density at radius 3 is 2.56 bits per heavy atom. The normalized spacial score (nSPS) is 17.4. The van der Waals surface area contributed by atoms with Crippen LogP contribution in [-0.2, 0) is 16.1 Å². The second kappa shape index (κ2) is 11.0. The van der Waals surface area contributed by atoms with Crippen LogP contribution in [0.25, 0.3) is 11.1 Å². The average molecular weight is 437 g/mol. The molecule has 0 atom stereocenters. The van der Waals surface area contributed by atoms with Gasteiger partial charge in [0, 0.05) is 17.7 Å². The zero-order valence-corrected chi connectivity index (χ0v) is 19.5. The Hall–Kier alpha value is -2.40. The maximum atomic E-state index is 12.8. The van der Waals surface area contributed by atoms with Crippen molar-refractivity contribution in [3.05, 3.63) is 41.6 Å². The second-order valence-corrected chi connectivity index (χ2v) is 9.13. The zero-order valence-electron chi connectivity index (χ0n) is 19.5. The lowest BCUT2D eigenvalue weighted by Gasteiger charge is -2.21. The molecule has 0 bridgehead atoms. The predicted molar refractivity (Wildman–Crippen MR) is 128 cm³/mol. The van der Waals surface area contributed by atoms with Crippen molar-refractivity contribution in [2.45, 2.75) is 84.3 Å². The zero-order chi connectivity index (χ0) is 22.3. The van der Waals surface area contributed by atoms with E-state index in [2.05, 4.69) is 23.3 Å². The highest BCUT2D eigenvalue weighted by molar-refractivity contribution is 5.92. The molecule has 0 aliphatic heterocycles. The summed E-state index contributed by atoms with van der Waals surface area (Å²) in [6.07, 6.45) is 12.4. The van der Waals surface area contributed by atoms with E-state index in [0.717, 1.165) is 66.5 Å². The molecule has 1 aromatic carbocycles. The lowest BCUT2D eigenvalue weighted by atomic mass is 9.88. The van der Waals surface area contributed by atoms with Gasteiger partial charge in [0.05, 0.1) is 19.3 Å². The van der Waals surface area contributed by atoms with E-state index < -0.39 is 0 Å². The van der Waals surface area contributed by atoms with Gasteiger partial charge in [-0.1, -0.05) is 44.2 Å². The highest BCUT2D eigenvalue weighted by Gasteiger charge is 2.22. The number of nitrogens with zero attached hydrogens (tertiary/aromatic N) is 1. The summed E-state index contributed by atoms with van der Waals surface area (Å²) in [5.74, 6) is 1.71. The number of carbonyl (C=O) groups is 1. The number of anilines is 1. The fraction of sp³-hybridized carbons (Fsp3) is 0.556. The molecule has 1 heterocycles. The fourth-order valence-corrected chi connectivity index (χ4v) is 5.00. The van der Waals surface area contributed by atoms with E-state index in [9.17, 15) is 4.79 Å². The van der Waals surface area contributed by atoms with Crippen molar-refractivity contribution in [1.29, 1.82) is 0 Å². The van der Waals surface area contributed by atoms with Crippen LogP contribution in [0.2, 0.25) is 0 Å². The van der Waals surface area contributed by atoms with Gasteiger partial charge in [0.1, 0.15) is 11.6 Å². The van der Waals surface area contributed by atoms with Crippen LogP contribution in [0.15, 0.2) is 30.5 Å². The summed E-state index contributed by atoms with van der Waals surface area (Å²) in [6, 6.07) is 8.13. The van der Waals surface area contributed by atoms with Crippen molar-refractivity contribution >= 4 is 11.7 Å². The number of ether oxygens (including phenoxy) is 2. The molecule has 1 aromatic heterocycles. The quantitative estimate of drug-likeness (QED) is 0.518. The van der Waals surface area contributed by atoms with Gasteiger partial charge in [-0.3, -0.25) is 4.79 Å². The van der Waals surface area contributed by atoms with Crippen molar-refractivity contribution in [2.24, 2.45) is 5.92 Å². The largest absolute Gasteiger partial charge is 0.494 e. The van der Waals surface area contributed by atoms with Crippen LogP contribution in [0.3, 0.4) is 0 Å². The molecule has 0 radical (unpaired) electrons. The SMILES string of the molecule is CCOc1cccc(-c2cnc(NC(=O)C3CCCCC3)cc2COC2CCCC2)c1C. The average Bonchev–Trinajstić information content (AvgIpc) is 3.34. The molecule has 2 saturated carbocycles. The van der Waals surface area contributed by atoms with Gasteiger partial charge in [0.2, 0.25) is 5.91 Å². The molecule has 2 aliphatic rings. The molecule has 5 nitrogen and oxygen atoms in total. The highest BCUT2D eigenvalue weighted by atomic mass is 16.5. The molecule has 32 heavy (non-hydrogen) atoms. The molecule has 1 N–H and O–H groups in total. The molecule has 2 aromatic rings. The van der Waals surface area contributed by atoms with Crippen LogP contribution in [0, 0.1) is 12.8 Å². The van der Waals surface area contributed by atoms with Gasteiger partial charge in [0.15, 0.2) is 0 Å². The smallest absolute Gasteiger partial charge is 0.228 e. The lowest BCUT2D eigenvalue weighted by molar-refractivity contribution is -0.120. The second-order valence-electron chi connectivity index (χ2n) is 9.13. The third kappa shape index (κ3) is 5.50. The van der Waals surface area contributed by atoms with Crippen LogP contribution in [-0.4, -0.2) is 23.6 Å². The number of aromatic nitrogens is 1. The monoisotopic (exact) mass is 436 g/mol. The minimum Gasteiger partial charge on any atom is -0.494 e. The van der Waals surface area contributed by atoms with Crippen LogP contribution >= 0.6 is 0 Å². The van der Waals surface area contributed by atoms with E-state index in [1.807, 2.05) is 31.3 Å². The van der Waals surface area contributed by atoms with Gasteiger partial charge in [-0.2, -0.15) is 0 Å². The lowest BCUT2D eigenvalue weighted by Crippen LogP contribution is -2.25. The van der Waals surface area contributed by atoms with Crippen LogP contribution in [0.4, 0.5) is 5.82 Å². The van der Waals surface area contributed by atoms with Crippen molar-refractivity contribution in [3.63, 3.8) is 0 Å². The number of rotatable bonds is 8. The van der Waals surface area contributed by atoms with Gasteiger partial charge in [-0.25, -0.2) is 4.98 Å². The summed E-state index contributed by atoms with van der Waals surface area (Å²) in [4.78, 5) is 17.4. The Bertz CT molecular complexity index is 915. The standard InChI is InChI=1S/C27H36N2O3/c1-3-31-25-15-9-14-23(19(25)2)24-17-28-26(29-27(30)20-10-5-4-6-11-20)16-21(24)18-32-22-12-7-8-13-22/h9,14-17,20,22H,3-8,10-13,18H2,1-2H3,(H,28,29,30). The van der Waals surface area contributed by atoms with Crippen LogP contribution in [0.5, 0.6) is 5.75 Å². The Morgan fingerprint density at radius 1 is 1.06 bits per heavy atom. The van der Waals surface area contributed by atoms with Gasteiger partial charge in [-0.05, 0) is 68.4 Å². The molecular formula is C27H36N2O3. The van der Waals surface area contributed by atoms with Gasteiger partial charge in [0.25, 0.3) is 0 Å². The van der Waals surface area contributed by atoms with Gasteiger partial charge < -0.3 is 14.8 Å². The van der Waals surface area contributed by atoms with E-state index in [1.54, 1.807) is 0 Å². The molecule has 1 amide bonds. The maximum Gasteiger partial charge on any atom is 0.228 e. The number of hydrogen-bond acceptors (Lipinski definition) is 4. The van der Waals surface area contributed by atoms with E-state index in [0.29, 0.717) is 25.1 Å². The summed E-state index contributed by atoms with van der Waals surface area (Å²) in [6.45, 7) is 5.23. The summed E-state index contributed by atoms with van der Waals surface area (Å²) in [7, 11) is 0. The topological polar surface area (TPSA) is 60.5 Å². The number of hydrogen-bond donors (Lipinski definition) is 1. The molecule has 172 valence electrons. The minimum absolute atomic E-state index is 0.0992. The number of nitrogens with one attached hydrogen (secondary N) is 1. The molecule has 0 spiro atoms. The van der Waals surface area contributed by atoms with Crippen molar-refractivity contribution < 1.29 is 14.3 Å². The Kier molecular flexibility index (Phi) is 7.80. The molecular weight excluding hydrogens is 400 g/mol. The van der Waals surface area contributed by atoms with Crippen molar-refractivity contribution in [1.82, 2.24) is 4.98 Å². The minimum atomic E-state index is 0.0992. The number of carbonyl (C=O) groups excluding carboxylic acids is 1. The van der Waals surface area contributed by atoms with Crippen LogP contribution < -0.4 is 10.1 Å². The number of benzene rings is 1. The Labute approximate surface area is 191 Å². The third-order valence-electron chi connectivity index (χ3n) is 6.87. The fourth-order valence-electron chi connectivity index (χ4n) is 5.00. The predicted octanol–water partition coefficient (Wildman–Crippen LogP) is 6.43. The first-order valence-electron chi connectivity index (χ1n) is 12.3. The first kappa shape index (κ1) is 22.8. The molecule has 0 unspecified atom stereocenters. The first-order chi connectivity index (χ1) is 15.7. The number of pyridine rings is 1. The molecule has 2 fully saturated rings. The van der Waals surface area contributed by atoms with Crippen LogP contribution in [0.1, 0.15) is 75.8 Å². The Balaban J connectivity index is 1.60. The summed E-state index contributed by atoms with van der Waals surface area (Å²) in [5.41, 5.74) is 4.29. The molecule has 4 rings (SSSR count). The summed E-state index contributed by atoms with van der Waals surface area (Å²) < 4.78 is 12.1. The Morgan fingerprint density at radius 2 is 1.81 bits per heavy atom. The van der Waals surface area contributed by atoms with Gasteiger partial charge >= 0.3 is 0 Å². The van der Waals surface area contributed by atoms with E-state index in [-0.39, 0.29) is 11.8 Å². The number of amides is 1. The van der Waals surface area contributed by atoms with E-state index >= 15 is 0 Å². The van der Waals surface area contributed by atoms with Gasteiger partial charge in [-0.15, -0.1) is 0 Å². The van der Waals surface area contributed by atoms with Crippen molar-refractivity contribution in [2.75, 3.05) is 11.9 Å². The van der Waals surface area contributed by atoms with Crippen molar-refractivity contribution in [3.8, 4) is 16.9 Å². The third-order valence-corrected chi connectivity index (χ3v) is 6.87. The molecule has 2 aliphatic carbocycles. The maximum absolute atomic E-state index is 12.8.